The maximum atomic E-state index is 13.4. The van der Waals surface area contributed by atoms with E-state index in [4.69, 9.17) is 11.6 Å². The molecule has 2 aliphatic heterocycles. The molecule has 2 aliphatic rings. The maximum Gasteiger partial charge on any atom is 0.251 e. The van der Waals surface area contributed by atoms with Gasteiger partial charge in [0.15, 0.2) is 0 Å². The molecule has 1 aromatic heterocycles. The zero-order valence-electron chi connectivity index (χ0n) is 19.9. The first kappa shape index (κ1) is 25.4. The molecule has 11 heteroatoms. The Morgan fingerprint density at radius 1 is 1.21 bits per heavy atom. The monoisotopic (exact) mass is 526 g/mol. The first-order chi connectivity index (χ1) is 15.8. The first-order valence-electron chi connectivity index (χ1n) is 11.3. The SMILES string of the molecule is CN(C)[C@]1(C)CCN(C(=O)CN2CCC[C@](C)(NS(=O)(=O)c3cc4ccc(Cl)cc4s3)C2=O)C1. The zero-order chi connectivity index (χ0) is 24.9. The maximum absolute atomic E-state index is 13.4. The van der Waals surface area contributed by atoms with Crippen LogP contribution in [0.15, 0.2) is 28.5 Å². The van der Waals surface area contributed by atoms with Crippen LogP contribution in [0.2, 0.25) is 5.02 Å². The number of nitrogens with one attached hydrogen (secondary N) is 1. The molecule has 2 atom stereocenters. The zero-order valence-corrected chi connectivity index (χ0v) is 22.3. The number of amides is 2. The summed E-state index contributed by atoms with van der Waals surface area (Å²) in [4.78, 5) is 31.8. The van der Waals surface area contributed by atoms with Crippen molar-refractivity contribution in [2.75, 3.05) is 40.3 Å². The number of halogens is 1. The van der Waals surface area contributed by atoms with Crippen LogP contribution in [0, 0.1) is 0 Å². The predicted molar refractivity (Wildman–Crippen MR) is 135 cm³/mol. The Morgan fingerprint density at radius 2 is 1.94 bits per heavy atom. The van der Waals surface area contributed by atoms with Crippen LogP contribution in [0.25, 0.3) is 10.1 Å². The van der Waals surface area contributed by atoms with Gasteiger partial charge in [-0.3, -0.25) is 9.59 Å². The van der Waals surface area contributed by atoms with Crippen molar-refractivity contribution in [1.82, 2.24) is 19.4 Å². The van der Waals surface area contributed by atoms with E-state index in [1.807, 2.05) is 14.1 Å². The van der Waals surface area contributed by atoms with Gasteiger partial charge in [-0.25, -0.2) is 8.42 Å². The smallest absolute Gasteiger partial charge is 0.251 e. The van der Waals surface area contributed by atoms with Crippen molar-refractivity contribution >= 4 is 54.9 Å². The Labute approximate surface area is 209 Å². The molecule has 0 radical (unpaired) electrons. The first-order valence-corrected chi connectivity index (χ1v) is 14.0. The predicted octanol–water partition coefficient (Wildman–Crippen LogP) is 2.77. The molecule has 2 fully saturated rings. The lowest BCUT2D eigenvalue weighted by molar-refractivity contribution is -0.146. The van der Waals surface area contributed by atoms with Gasteiger partial charge in [-0.15, -0.1) is 11.3 Å². The van der Waals surface area contributed by atoms with E-state index in [9.17, 15) is 18.0 Å². The Balaban J connectivity index is 1.47. The number of carbonyl (C=O) groups excluding carboxylic acids is 2. The van der Waals surface area contributed by atoms with E-state index in [0.29, 0.717) is 37.5 Å². The summed E-state index contributed by atoms with van der Waals surface area (Å²) in [6.07, 6.45) is 1.85. The fourth-order valence-corrected chi connectivity index (χ4v) is 7.74. The molecule has 0 bridgehead atoms. The van der Waals surface area contributed by atoms with Crippen LogP contribution in [0.1, 0.15) is 33.1 Å². The average molecular weight is 527 g/mol. The van der Waals surface area contributed by atoms with E-state index >= 15 is 0 Å². The number of carbonyl (C=O) groups is 2. The molecule has 2 saturated heterocycles. The second-order valence-electron chi connectivity index (χ2n) is 9.97. The number of fused-ring (bicyclic) bond motifs is 1. The minimum atomic E-state index is -3.94. The number of likely N-dealkylation sites (tertiary alicyclic amines) is 2. The molecule has 34 heavy (non-hydrogen) atoms. The fourth-order valence-electron chi connectivity index (χ4n) is 4.67. The van der Waals surface area contributed by atoms with Crippen LogP contribution in [0.3, 0.4) is 0 Å². The molecule has 0 aliphatic carbocycles. The molecule has 186 valence electrons. The molecule has 8 nitrogen and oxygen atoms in total. The number of thiophene rings is 1. The third-order valence-corrected chi connectivity index (χ3v) is 10.6. The average Bonchev–Trinajstić information content (AvgIpc) is 3.36. The van der Waals surface area contributed by atoms with Gasteiger partial charge in [0.1, 0.15) is 9.75 Å². The van der Waals surface area contributed by atoms with Crippen molar-refractivity contribution in [2.45, 2.75) is 48.4 Å². The molecule has 3 heterocycles. The van der Waals surface area contributed by atoms with Gasteiger partial charge < -0.3 is 14.7 Å². The number of rotatable bonds is 6. The lowest BCUT2D eigenvalue weighted by atomic mass is 9.91. The van der Waals surface area contributed by atoms with Crippen LogP contribution in [-0.2, 0) is 19.6 Å². The summed E-state index contributed by atoms with van der Waals surface area (Å²) >= 11 is 7.15. The number of piperidine rings is 1. The Kier molecular flexibility index (Phi) is 6.76. The van der Waals surface area contributed by atoms with E-state index in [0.717, 1.165) is 27.8 Å². The van der Waals surface area contributed by atoms with Gasteiger partial charge in [0.2, 0.25) is 11.8 Å². The largest absolute Gasteiger partial charge is 0.339 e. The summed E-state index contributed by atoms with van der Waals surface area (Å²) in [6.45, 7) is 5.38. The number of benzene rings is 1. The van der Waals surface area contributed by atoms with E-state index < -0.39 is 15.6 Å². The number of nitrogens with zero attached hydrogens (tertiary/aromatic N) is 3. The van der Waals surface area contributed by atoms with E-state index in [-0.39, 0.29) is 28.1 Å². The highest BCUT2D eigenvalue weighted by atomic mass is 35.5. The van der Waals surface area contributed by atoms with Gasteiger partial charge in [-0.2, -0.15) is 4.72 Å². The van der Waals surface area contributed by atoms with Crippen LogP contribution >= 0.6 is 22.9 Å². The van der Waals surface area contributed by atoms with Gasteiger partial charge >= 0.3 is 0 Å². The normalized spacial score (nSPS) is 26.1. The lowest BCUT2D eigenvalue weighted by Gasteiger charge is -2.39. The quantitative estimate of drug-likeness (QED) is 0.625. The highest BCUT2D eigenvalue weighted by Gasteiger charge is 2.45. The van der Waals surface area contributed by atoms with Crippen molar-refractivity contribution in [1.29, 1.82) is 0 Å². The third kappa shape index (κ3) is 4.83. The molecule has 4 rings (SSSR count). The standard InChI is InChI=1S/C23H31ClN4O4S2/c1-22(26(3)4)9-11-28(15-22)19(29)14-27-10-5-8-23(2,21(27)30)25-34(31,32)20-12-16-6-7-17(24)13-18(16)33-20/h6-7,12-13,25H,5,8-11,14-15H2,1-4H3/t22-,23+/m1/s1. The highest BCUT2D eigenvalue weighted by Crippen LogP contribution is 2.33. The summed E-state index contributed by atoms with van der Waals surface area (Å²) in [6, 6.07) is 6.79. The Hall–Kier alpha value is -1.72. The molecule has 1 N–H and O–H groups in total. The van der Waals surface area contributed by atoms with Crippen molar-refractivity contribution in [3.05, 3.63) is 29.3 Å². The molecular weight excluding hydrogens is 496 g/mol. The van der Waals surface area contributed by atoms with Crippen LogP contribution in [0.4, 0.5) is 0 Å². The van der Waals surface area contributed by atoms with E-state index in [1.165, 1.54) is 4.90 Å². The molecular formula is C23H31ClN4O4S2. The summed E-state index contributed by atoms with van der Waals surface area (Å²) in [5, 5.41) is 1.31. The van der Waals surface area contributed by atoms with Crippen LogP contribution < -0.4 is 4.72 Å². The summed E-state index contributed by atoms with van der Waals surface area (Å²) in [5.41, 5.74) is -1.39. The van der Waals surface area contributed by atoms with Gasteiger partial charge in [-0.1, -0.05) is 17.7 Å². The Morgan fingerprint density at radius 3 is 2.62 bits per heavy atom. The molecule has 1 aromatic carbocycles. The van der Waals surface area contributed by atoms with Crippen LogP contribution in [-0.4, -0.2) is 86.3 Å². The van der Waals surface area contributed by atoms with Crippen molar-refractivity contribution in [2.24, 2.45) is 0 Å². The number of hydrogen-bond acceptors (Lipinski definition) is 6. The topological polar surface area (TPSA) is 90.0 Å². The molecule has 2 aromatic rings. The third-order valence-electron chi connectivity index (χ3n) is 7.16. The minimum absolute atomic E-state index is 0.0406. The summed E-state index contributed by atoms with van der Waals surface area (Å²) < 4.78 is 29.9. The van der Waals surface area contributed by atoms with Crippen molar-refractivity contribution in [3.63, 3.8) is 0 Å². The van der Waals surface area contributed by atoms with Crippen molar-refractivity contribution < 1.29 is 18.0 Å². The van der Waals surface area contributed by atoms with Crippen LogP contribution in [0.5, 0.6) is 0 Å². The number of sulfonamides is 1. The fraction of sp³-hybridized carbons (Fsp3) is 0.565. The van der Waals surface area contributed by atoms with E-state index in [2.05, 4.69) is 16.5 Å². The van der Waals surface area contributed by atoms with Gasteiger partial charge in [0.05, 0.1) is 6.54 Å². The molecule has 0 spiro atoms. The molecule has 2 amide bonds. The summed E-state index contributed by atoms with van der Waals surface area (Å²) in [5.74, 6) is -0.471. The minimum Gasteiger partial charge on any atom is -0.339 e. The molecule has 0 unspecified atom stereocenters. The summed E-state index contributed by atoms with van der Waals surface area (Å²) in [7, 11) is 0.0683. The van der Waals surface area contributed by atoms with Gasteiger partial charge in [0, 0.05) is 34.9 Å². The van der Waals surface area contributed by atoms with E-state index in [1.54, 1.807) is 36.1 Å². The second kappa shape index (κ2) is 9.05. The highest BCUT2D eigenvalue weighted by molar-refractivity contribution is 7.91. The Bertz CT molecular complexity index is 1230. The van der Waals surface area contributed by atoms with Crippen molar-refractivity contribution in [3.8, 4) is 0 Å². The second-order valence-corrected chi connectivity index (χ2v) is 13.4. The number of hydrogen-bond donors (Lipinski definition) is 1. The number of likely N-dealkylation sites (N-methyl/N-ethyl adjacent to an activating group) is 1. The van der Waals surface area contributed by atoms with Gasteiger partial charge in [-0.05, 0) is 70.8 Å². The lowest BCUT2D eigenvalue weighted by Crippen LogP contribution is -2.62. The van der Waals surface area contributed by atoms with Gasteiger partial charge in [0.25, 0.3) is 10.0 Å². The molecule has 0 saturated carbocycles.